The third-order valence-electron chi connectivity index (χ3n) is 3.00. The number of nitrogens with one attached hydrogen (secondary N) is 1. The number of carboxylic acids is 1. The zero-order valence-electron chi connectivity index (χ0n) is 12.9. The number of anilines is 1. The number of carbonyl (C=O) groups is 2. The zero-order valence-corrected chi connectivity index (χ0v) is 14.5. The zero-order chi connectivity index (χ0) is 18.2. The molecule has 0 radical (unpaired) electrons. The lowest BCUT2D eigenvalue weighted by Gasteiger charge is -2.05. The smallest absolute Gasteiger partial charge is 0.341 e. The molecule has 0 saturated heterocycles. The maximum atomic E-state index is 12.2. The van der Waals surface area contributed by atoms with Gasteiger partial charge in [-0.3, -0.25) is 4.79 Å². The van der Waals surface area contributed by atoms with Crippen molar-refractivity contribution in [1.29, 1.82) is 5.26 Å². The summed E-state index contributed by atoms with van der Waals surface area (Å²) in [5, 5.41) is 20.4. The maximum Gasteiger partial charge on any atom is 0.341 e. The van der Waals surface area contributed by atoms with Gasteiger partial charge >= 0.3 is 5.97 Å². The molecule has 0 aliphatic rings. The largest absolute Gasteiger partial charge is 0.482 e. The summed E-state index contributed by atoms with van der Waals surface area (Å²) in [7, 11) is 0. The van der Waals surface area contributed by atoms with E-state index < -0.39 is 18.5 Å². The Morgan fingerprint density at radius 2 is 1.96 bits per heavy atom. The molecule has 2 N–H and O–H groups in total. The van der Waals surface area contributed by atoms with Crippen molar-refractivity contribution in [2.75, 3.05) is 11.9 Å². The van der Waals surface area contributed by atoms with Gasteiger partial charge in [-0.05, 0) is 42.0 Å². The topological polar surface area (TPSA) is 99.4 Å². The molecule has 2 aromatic carbocycles. The van der Waals surface area contributed by atoms with Crippen LogP contribution >= 0.6 is 15.9 Å². The van der Waals surface area contributed by atoms with Gasteiger partial charge in [-0.1, -0.05) is 34.1 Å². The van der Waals surface area contributed by atoms with E-state index >= 15 is 0 Å². The first-order valence-electron chi connectivity index (χ1n) is 7.11. The van der Waals surface area contributed by atoms with E-state index in [1.807, 2.05) is 12.1 Å². The minimum atomic E-state index is -1.07. The van der Waals surface area contributed by atoms with Crippen molar-refractivity contribution in [1.82, 2.24) is 0 Å². The van der Waals surface area contributed by atoms with Crippen molar-refractivity contribution >= 4 is 39.6 Å². The van der Waals surface area contributed by atoms with Crippen molar-refractivity contribution in [2.24, 2.45) is 0 Å². The molecule has 2 aromatic rings. The number of ether oxygens (including phenoxy) is 1. The first-order chi connectivity index (χ1) is 12.0. The third-order valence-corrected chi connectivity index (χ3v) is 3.49. The summed E-state index contributed by atoms with van der Waals surface area (Å²) in [6.07, 6.45) is 1.44. The summed E-state index contributed by atoms with van der Waals surface area (Å²) < 4.78 is 5.83. The number of benzene rings is 2. The molecule has 0 atom stereocenters. The van der Waals surface area contributed by atoms with E-state index in [1.54, 1.807) is 42.5 Å². The Labute approximate surface area is 152 Å². The summed E-state index contributed by atoms with van der Waals surface area (Å²) in [4.78, 5) is 22.6. The molecule has 1 amide bonds. The van der Waals surface area contributed by atoms with E-state index in [0.29, 0.717) is 17.0 Å². The van der Waals surface area contributed by atoms with Crippen molar-refractivity contribution in [3.05, 3.63) is 64.1 Å². The number of hydrogen-bond donors (Lipinski definition) is 2. The SMILES string of the molecule is N#C/C(=C/c1ccc(OCC(=O)O)cc1)C(=O)Nc1cccc(Br)c1. The highest BCUT2D eigenvalue weighted by molar-refractivity contribution is 9.10. The molecule has 2 rings (SSSR count). The molecule has 0 aliphatic carbocycles. The normalized spacial score (nSPS) is 10.6. The highest BCUT2D eigenvalue weighted by Gasteiger charge is 2.10. The van der Waals surface area contributed by atoms with Gasteiger partial charge in [0.05, 0.1) is 0 Å². The van der Waals surface area contributed by atoms with Crippen LogP contribution in [0.15, 0.2) is 58.6 Å². The Kier molecular flexibility index (Phi) is 6.32. The van der Waals surface area contributed by atoms with Crippen molar-refractivity contribution in [3.63, 3.8) is 0 Å². The Bertz CT molecular complexity index is 854. The molecule has 126 valence electrons. The molecule has 6 nitrogen and oxygen atoms in total. The fourth-order valence-corrected chi connectivity index (χ4v) is 2.28. The first-order valence-corrected chi connectivity index (χ1v) is 7.90. The molecule has 25 heavy (non-hydrogen) atoms. The van der Waals surface area contributed by atoms with Crippen LogP contribution in [0.2, 0.25) is 0 Å². The average molecular weight is 401 g/mol. The molecule has 0 unspecified atom stereocenters. The van der Waals surface area contributed by atoms with Crippen LogP contribution in [0.3, 0.4) is 0 Å². The molecule has 0 fully saturated rings. The van der Waals surface area contributed by atoms with E-state index in [9.17, 15) is 14.9 Å². The number of nitrogens with zero attached hydrogens (tertiary/aromatic N) is 1. The molecule has 7 heteroatoms. The molecule has 0 heterocycles. The number of carbonyl (C=O) groups excluding carboxylic acids is 1. The van der Waals surface area contributed by atoms with Gasteiger partial charge in [0, 0.05) is 10.2 Å². The number of rotatable bonds is 6. The van der Waals surface area contributed by atoms with E-state index in [-0.39, 0.29) is 5.57 Å². The summed E-state index contributed by atoms with van der Waals surface area (Å²) >= 11 is 3.31. The molecule has 0 spiro atoms. The van der Waals surface area contributed by atoms with Gasteiger partial charge in [0.25, 0.3) is 5.91 Å². The van der Waals surface area contributed by atoms with Crippen molar-refractivity contribution < 1.29 is 19.4 Å². The monoisotopic (exact) mass is 400 g/mol. The van der Waals surface area contributed by atoms with E-state index in [0.717, 1.165) is 4.47 Å². The van der Waals surface area contributed by atoms with E-state index in [1.165, 1.54) is 6.08 Å². The van der Waals surface area contributed by atoms with Gasteiger partial charge in [0.15, 0.2) is 6.61 Å². The summed E-state index contributed by atoms with van der Waals surface area (Å²) in [5.41, 5.74) is 1.13. The summed E-state index contributed by atoms with van der Waals surface area (Å²) in [5.74, 6) is -1.21. The highest BCUT2D eigenvalue weighted by Crippen LogP contribution is 2.18. The Balaban J connectivity index is 2.09. The second kappa shape index (κ2) is 8.66. The predicted octanol–water partition coefficient (Wildman–Crippen LogP) is 3.46. The highest BCUT2D eigenvalue weighted by atomic mass is 79.9. The van der Waals surface area contributed by atoms with Crippen molar-refractivity contribution in [2.45, 2.75) is 0 Å². The molecule has 0 aliphatic heterocycles. The quantitative estimate of drug-likeness (QED) is 0.571. The van der Waals surface area contributed by atoms with E-state index in [4.69, 9.17) is 9.84 Å². The first kappa shape index (κ1) is 18.2. The summed E-state index contributed by atoms with van der Waals surface area (Å²) in [6.45, 7) is -0.437. The number of aliphatic carboxylic acids is 1. The lowest BCUT2D eigenvalue weighted by Crippen LogP contribution is -2.13. The molecular weight excluding hydrogens is 388 g/mol. The number of hydrogen-bond acceptors (Lipinski definition) is 4. The second-order valence-electron chi connectivity index (χ2n) is 4.89. The average Bonchev–Trinajstić information content (AvgIpc) is 2.58. The number of amides is 1. The Morgan fingerprint density at radius 3 is 2.56 bits per heavy atom. The molecular formula is C18H13BrN2O4. The fourth-order valence-electron chi connectivity index (χ4n) is 1.89. The van der Waals surface area contributed by atoms with E-state index in [2.05, 4.69) is 21.2 Å². The van der Waals surface area contributed by atoms with Crippen LogP contribution in [0.1, 0.15) is 5.56 Å². The predicted molar refractivity (Wildman–Crippen MR) is 95.9 cm³/mol. The second-order valence-corrected chi connectivity index (χ2v) is 5.80. The Hall–Kier alpha value is -3.11. The molecule has 0 bridgehead atoms. The van der Waals surface area contributed by atoms with Crippen LogP contribution in [0.5, 0.6) is 5.75 Å². The minimum Gasteiger partial charge on any atom is -0.482 e. The molecule has 0 saturated carbocycles. The van der Waals surface area contributed by atoms with Gasteiger partial charge in [-0.25, -0.2) is 4.79 Å². The van der Waals surface area contributed by atoms with Crippen LogP contribution in [0.4, 0.5) is 5.69 Å². The van der Waals surface area contributed by atoms with Crippen LogP contribution in [0.25, 0.3) is 6.08 Å². The molecule has 0 aromatic heterocycles. The van der Waals surface area contributed by atoms with Gasteiger partial charge in [-0.2, -0.15) is 5.26 Å². The van der Waals surface area contributed by atoms with Crippen molar-refractivity contribution in [3.8, 4) is 11.8 Å². The number of halogens is 1. The fraction of sp³-hybridized carbons (Fsp3) is 0.0556. The van der Waals surface area contributed by atoms with Gasteiger partial charge in [0.2, 0.25) is 0 Å². The lowest BCUT2D eigenvalue weighted by atomic mass is 10.1. The maximum absolute atomic E-state index is 12.2. The summed E-state index contributed by atoms with van der Waals surface area (Å²) in [6, 6.07) is 15.3. The van der Waals surface area contributed by atoms with Crippen LogP contribution in [-0.2, 0) is 9.59 Å². The van der Waals surface area contributed by atoms with Crippen LogP contribution in [-0.4, -0.2) is 23.6 Å². The number of carboxylic acid groups (broad SMARTS) is 1. The number of nitriles is 1. The van der Waals surface area contributed by atoms with Gasteiger partial charge < -0.3 is 15.2 Å². The van der Waals surface area contributed by atoms with Gasteiger partial charge in [-0.15, -0.1) is 0 Å². The minimum absolute atomic E-state index is 0.0563. The standard InChI is InChI=1S/C18H13BrN2O4/c19-14-2-1-3-15(9-14)21-18(24)13(10-20)8-12-4-6-16(7-5-12)25-11-17(22)23/h1-9H,11H2,(H,21,24)(H,22,23)/b13-8-. The van der Waals surface area contributed by atoms with Crippen LogP contribution < -0.4 is 10.1 Å². The Morgan fingerprint density at radius 1 is 1.24 bits per heavy atom. The third kappa shape index (κ3) is 5.79. The van der Waals surface area contributed by atoms with Crippen LogP contribution in [0, 0.1) is 11.3 Å². The van der Waals surface area contributed by atoms with Gasteiger partial charge in [0.1, 0.15) is 17.4 Å². The lowest BCUT2D eigenvalue weighted by molar-refractivity contribution is -0.139.